The predicted octanol–water partition coefficient (Wildman–Crippen LogP) is -1.08. The standard InChI is InChI=1S/C12H15N5O5/c1-12(2)21-7-5(3-18)20-11(8(7)22-12)17-4-13-6-9(17)14-16-15-10(6)19/h4-5,7-8,11,18H,3H2,1-2H3,(H,14,15,19)/t5-,7-,8-,11-/m1/s1. The van der Waals surface area contributed by atoms with Crippen LogP contribution in [-0.4, -0.2) is 60.8 Å². The molecule has 0 bridgehead atoms. The Kier molecular flexibility index (Phi) is 2.85. The third-order valence-corrected chi connectivity index (χ3v) is 3.86. The van der Waals surface area contributed by atoms with Gasteiger partial charge in [-0.2, -0.15) is 0 Å². The van der Waals surface area contributed by atoms with Crippen molar-refractivity contribution < 1.29 is 19.3 Å². The Morgan fingerprint density at radius 2 is 2.18 bits per heavy atom. The second-order valence-electron chi connectivity index (χ2n) is 5.78. The number of nitrogens with one attached hydrogen (secondary N) is 1. The number of imidazole rings is 1. The number of aromatic amines is 1. The Morgan fingerprint density at radius 3 is 2.95 bits per heavy atom. The van der Waals surface area contributed by atoms with Crippen LogP contribution in [0.2, 0.25) is 0 Å². The van der Waals surface area contributed by atoms with E-state index < -0.39 is 35.9 Å². The number of H-pyrrole nitrogens is 1. The van der Waals surface area contributed by atoms with Crippen LogP contribution in [0, 0.1) is 0 Å². The number of aromatic nitrogens is 5. The zero-order chi connectivity index (χ0) is 15.5. The van der Waals surface area contributed by atoms with Gasteiger partial charge in [-0.05, 0) is 13.8 Å². The van der Waals surface area contributed by atoms with Crippen LogP contribution < -0.4 is 5.56 Å². The number of rotatable bonds is 2. The van der Waals surface area contributed by atoms with Crippen molar-refractivity contribution in [2.75, 3.05) is 6.61 Å². The molecule has 2 aliphatic rings. The van der Waals surface area contributed by atoms with E-state index in [1.807, 2.05) is 0 Å². The lowest BCUT2D eigenvalue weighted by atomic mass is 10.1. The monoisotopic (exact) mass is 309 g/mol. The van der Waals surface area contributed by atoms with E-state index in [9.17, 15) is 9.90 Å². The topological polar surface area (TPSA) is 124 Å². The molecule has 118 valence electrons. The minimum absolute atomic E-state index is 0.167. The molecule has 0 spiro atoms. The highest BCUT2D eigenvalue weighted by atomic mass is 16.8. The maximum absolute atomic E-state index is 11.7. The average Bonchev–Trinajstić information content (AvgIpc) is 3.10. The van der Waals surface area contributed by atoms with Gasteiger partial charge in [-0.3, -0.25) is 9.36 Å². The van der Waals surface area contributed by atoms with E-state index in [1.165, 1.54) is 6.33 Å². The van der Waals surface area contributed by atoms with Crippen LogP contribution in [-0.2, 0) is 14.2 Å². The van der Waals surface area contributed by atoms with E-state index in [-0.39, 0.29) is 12.1 Å². The summed E-state index contributed by atoms with van der Waals surface area (Å²) in [5, 5.41) is 19.2. The van der Waals surface area contributed by atoms with Crippen LogP contribution >= 0.6 is 0 Å². The molecule has 4 atom stereocenters. The van der Waals surface area contributed by atoms with Gasteiger partial charge in [0.05, 0.1) is 12.9 Å². The summed E-state index contributed by atoms with van der Waals surface area (Å²) >= 11 is 0. The van der Waals surface area contributed by atoms with Gasteiger partial charge < -0.3 is 19.3 Å². The number of fused-ring (bicyclic) bond motifs is 2. The normalized spacial score (nSPS) is 33.4. The molecule has 0 aliphatic carbocycles. The lowest BCUT2D eigenvalue weighted by Crippen LogP contribution is -2.31. The zero-order valence-corrected chi connectivity index (χ0v) is 12.0. The first-order chi connectivity index (χ1) is 10.5. The summed E-state index contributed by atoms with van der Waals surface area (Å²) in [7, 11) is 0. The molecule has 0 aromatic carbocycles. The minimum Gasteiger partial charge on any atom is -0.394 e. The summed E-state index contributed by atoms with van der Waals surface area (Å²) in [6.45, 7) is 3.40. The molecule has 22 heavy (non-hydrogen) atoms. The molecule has 2 aromatic heterocycles. The molecular weight excluding hydrogens is 294 g/mol. The summed E-state index contributed by atoms with van der Waals surface area (Å²) < 4.78 is 19.1. The number of aliphatic hydroxyl groups is 1. The molecule has 0 unspecified atom stereocenters. The lowest BCUT2D eigenvalue weighted by molar-refractivity contribution is -0.199. The molecule has 0 radical (unpaired) electrons. The third kappa shape index (κ3) is 1.88. The Balaban J connectivity index is 1.78. The molecule has 4 rings (SSSR count). The highest BCUT2D eigenvalue weighted by Crippen LogP contribution is 2.43. The highest BCUT2D eigenvalue weighted by Gasteiger charge is 2.55. The van der Waals surface area contributed by atoms with E-state index in [0.29, 0.717) is 5.65 Å². The molecule has 2 N–H and O–H groups in total. The first kappa shape index (κ1) is 13.8. The van der Waals surface area contributed by atoms with Crippen LogP contribution in [0.5, 0.6) is 0 Å². The number of ether oxygens (including phenoxy) is 3. The fourth-order valence-electron chi connectivity index (χ4n) is 3.00. The van der Waals surface area contributed by atoms with Gasteiger partial charge in [0.1, 0.15) is 18.3 Å². The molecular formula is C12H15N5O5. The number of nitrogens with zero attached hydrogens (tertiary/aromatic N) is 4. The zero-order valence-electron chi connectivity index (χ0n) is 12.0. The van der Waals surface area contributed by atoms with Crippen molar-refractivity contribution in [2.45, 2.75) is 44.2 Å². The fourth-order valence-corrected chi connectivity index (χ4v) is 3.00. The molecule has 2 fully saturated rings. The van der Waals surface area contributed by atoms with Gasteiger partial charge >= 0.3 is 0 Å². The van der Waals surface area contributed by atoms with E-state index in [1.54, 1.807) is 18.4 Å². The molecule has 0 saturated carbocycles. The smallest absolute Gasteiger partial charge is 0.295 e. The summed E-state index contributed by atoms with van der Waals surface area (Å²) in [4.78, 5) is 15.7. The third-order valence-electron chi connectivity index (χ3n) is 3.86. The lowest BCUT2D eigenvalue weighted by Gasteiger charge is -2.24. The SMILES string of the molecule is CC1(C)O[C@@H]2[C@H](O1)[C@@H](CO)O[C@H]2n1cnc2c(=O)[nH]nnc21. The van der Waals surface area contributed by atoms with Gasteiger partial charge in [-0.1, -0.05) is 5.21 Å². The van der Waals surface area contributed by atoms with E-state index in [2.05, 4.69) is 20.4 Å². The van der Waals surface area contributed by atoms with Crippen LogP contribution in [0.3, 0.4) is 0 Å². The molecule has 2 aromatic rings. The van der Waals surface area contributed by atoms with Crippen molar-refractivity contribution in [3.63, 3.8) is 0 Å². The first-order valence-corrected chi connectivity index (χ1v) is 6.90. The Labute approximate surface area is 124 Å². The maximum Gasteiger partial charge on any atom is 0.295 e. The summed E-state index contributed by atoms with van der Waals surface area (Å²) in [5.74, 6) is -0.773. The van der Waals surface area contributed by atoms with Gasteiger partial charge in [-0.25, -0.2) is 10.1 Å². The number of aliphatic hydroxyl groups excluding tert-OH is 1. The highest BCUT2D eigenvalue weighted by molar-refractivity contribution is 5.68. The fraction of sp³-hybridized carbons (Fsp3) is 0.667. The Morgan fingerprint density at radius 1 is 1.41 bits per heavy atom. The number of hydrogen-bond donors (Lipinski definition) is 2. The second kappa shape index (κ2) is 4.56. The van der Waals surface area contributed by atoms with Crippen LogP contribution in [0.4, 0.5) is 0 Å². The van der Waals surface area contributed by atoms with E-state index in [0.717, 1.165) is 0 Å². The first-order valence-electron chi connectivity index (χ1n) is 6.90. The maximum atomic E-state index is 11.7. The van der Waals surface area contributed by atoms with E-state index in [4.69, 9.17) is 14.2 Å². The van der Waals surface area contributed by atoms with Crippen molar-refractivity contribution in [2.24, 2.45) is 0 Å². The molecule has 4 heterocycles. The van der Waals surface area contributed by atoms with Crippen LogP contribution in [0.1, 0.15) is 20.1 Å². The molecule has 10 nitrogen and oxygen atoms in total. The summed E-state index contributed by atoms with van der Waals surface area (Å²) in [5.41, 5.74) is 0.0288. The van der Waals surface area contributed by atoms with Gasteiger partial charge in [0.15, 0.2) is 23.2 Å². The van der Waals surface area contributed by atoms with E-state index >= 15 is 0 Å². The largest absolute Gasteiger partial charge is 0.394 e. The molecule has 10 heteroatoms. The Bertz CT molecular complexity index is 771. The predicted molar refractivity (Wildman–Crippen MR) is 70.8 cm³/mol. The van der Waals surface area contributed by atoms with Crippen LogP contribution in [0.15, 0.2) is 11.1 Å². The quantitative estimate of drug-likeness (QED) is 0.718. The van der Waals surface area contributed by atoms with Gasteiger partial charge in [0.2, 0.25) is 0 Å². The van der Waals surface area contributed by atoms with Crippen molar-refractivity contribution in [1.29, 1.82) is 0 Å². The molecule has 0 amide bonds. The van der Waals surface area contributed by atoms with Gasteiger partial charge in [0, 0.05) is 0 Å². The van der Waals surface area contributed by atoms with Crippen molar-refractivity contribution >= 4 is 11.2 Å². The minimum atomic E-state index is -0.773. The number of hydrogen-bond acceptors (Lipinski definition) is 8. The van der Waals surface area contributed by atoms with Gasteiger partial charge in [-0.15, -0.1) is 5.10 Å². The molecule has 2 saturated heterocycles. The van der Waals surface area contributed by atoms with Crippen molar-refractivity contribution in [3.05, 3.63) is 16.7 Å². The summed E-state index contributed by atoms with van der Waals surface area (Å²) in [6, 6.07) is 0. The van der Waals surface area contributed by atoms with Crippen molar-refractivity contribution in [1.82, 2.24) is 25.0 Å². The molecule has 2 aliphatic heterocycles. The van der Waals surface area contributed by atoms with Crippen molar-refractivity contribution in [3.8, 4) is 0 Å². The second-order valence-corrected chi connectivity index (χ2v) is 5.78. The average molecular weight is 309 g/mol. The van der Waals surface area contributed by atoms with Gasteiger partial charge in [0.25, 0.3) is 5.56 Å². The Hall–Kier alpha value is -1.88. The summed E-state index contributed by atoms with van der Waals surface area (Å²) in [6.07, 6.45) is -0.526. The van der Waals surface area contributed by atoms with Crippen LogP contribution in [0.25, 0.3) is 11.2 Å².